The number of rotatable bonds is 2. The van der Waals surface area contributed by atoms with E-state index in [1.165, 1.54) is 0 Å². The van der Waals surface area contributed by atoms with Gasteiger partial charge in [0.2, 0.25) is 5.91 Å². The number of carbonyl (C=O) groups excluding carboxylic acids is 1. The van der Waals surface area contributed by atoms with E-state index in [0.29, 0.717) is 5.75 Å². The summed E-state index contributed by atoms with van der Waals surface area (Å²) in [7, 11) is 0. The molecule has 0 amide bonds. The summed E-state index contributed by atoms with van der Waals surface area (Å²) in [4.78, 5) is 11.8. The van der Waals surface area contributed by atoms with Gasteiger partial charge < -0.3 is 5.11 Å². The van der Waals surface area contributed by atoms with Gasteiger partial charge in [-0.15, -0.1) is 0 Å². The Balaban J connectivity index is 2.10. The van der Waals surface area contributed by atoms with Crippen LogP contribution >= 0.6 is 0 Å². The Morgan fingerprint density at radius 1 is 1.14 bits per heavy atom. The summed E-state index contributed by atoms with van der Waals surface area (Å²) in [6.07, 6.45) is 2.66. The number of aryl methyl sites for hydroxylation is 2. The second-order valence-electron chi connectivity index (χ2n) is 5.82. The first-order valence-electron chi connectivity index (χ1n) is 7.36. The van der Waals surface area contributed by atoms with E-state index in [9.17, 15) is 9.90 Å². The molecule has 0 fully saturated rings. The molecule has 0 aliphatic carbocycles. The first-order chi connectivity index (χ1) is 10.5. The van der Waals surface area contributed by atoms with Crippen molar-refractivity contribution in [2.24, 2.45) is 0 Å². The smallest absolute Gasteiger partial charge is 0.227 e. The zero-order valence-corrected chi connectivity index (χ0v) is 13.1. The van der Waals surface area contributed by atoms with Gasteiger partial charge in [0.15, 0.2) is 0 Å². The summed E-state index contributed by atoms with van der Waals surface area (Å²) in [6.45, 7) is 5.39. The van der Waals surface area contributed by atoms with Crippen molar-refractivity contribution in [1.82, 2.24) is 4.57 Å². The second-order valence-corrected chi connectivity index (χ2v) is 5.82. The lowest BCUT2D eigenvalue weighted by molar-refractivity contribution is 0.0941. The van der Waals surface area contributed by atoms with E-state index in [0.717, 1.165) is 39.6 Å². The molecule has 3 rings (SSSR count). The fraction of sp³-hybridized carbons (Fsp3) is 0.211. The van der Waals surface area contributed by atoms with Crippen LogP contribution in [0.15, 0.2) is 42.6 Å². The number of nitrogens with zero attached hydrogens (tertiary/aromatic N) is 1. The van der Waals surface area contributed by atoms with Crippen LogP contribution in [0.25, 0.3) is 10.9 Å². The Morgan fingerprint density at radius 2 is 1.77 bits per heavy atom. The molecule has 0 aliphatic rings. The zero-order valence-electron chi connectivity index (χ0n) is 13.1. The number of phenolic OH excluding ortho intramolecular Hbond substituents is 1. The zero-order chi connectivity index (χ0) is 15.9. The molecule has 0 saturated carbocycles. The summed E-state index contributed by atoms with van der Waals surface area (Å²) in [6, 6.07) is 12.0. The molecular formula is C19H19NO2. The van der Waals surface area contributed by atoms with Crippen molar-refractivity contribution in [3.05, 3.63) is 64.8 Å². The topological polar surface area (TPSA) is 42.2 Å². The number of phenols is 1. The second kappa shape index (κ2) is 5.34. The molecule has 0 saturated heterocycles. The van der Waals surface area contributed by atoms with Crippen LogP contribution in [0.4, 0.5) is 0 Å². The van der Waals surface area contributed by atoms with E-state index >= 15 is 0 Å². The first kappa shape index (κ1) is 14.4. The van der Waals surface area contributed by atoms with Crippen LogP contribution in [0.5, 0.6) is 5.75 Å². The van der Waals surface area contributed by atoms with Crippen molar-refractivity contribution in [2.45, 2.75) is 27.2 Å². The van der Waals surface area contributed by atoms with Gasteiger partial charge in [0.25, 0.3) is 0 Å². The van der Waals surface area contributed by atoms with Gasteiger partial charge in [-0.2, -0.15) is 0 Å². The molecular weight excluding hydrogens is 274 g/mol. The fourth-order valence-corrected chi connectivity index (χ4v) is 3.02. The maximum Gasteiger partial charge on any atom is 0.227 e. The van der Waals surface area contributed by atoms with Crippen LogP contribution in [0.3, 0.4) is 0 Å². The highest BCUT2D eigenvalue weighted by atomic mass is 16.3. The van der Waals surface area contributed by atoms with Crippen molar-refractivity contribution in [1.29, 1.82) is 0 Å². The normalized spacial score (nSPS) is 11.0. The SMILES string of the molecule is CC(=O)n1cc(Cc2cc(C)c(O)c(C)c2)c2ccccc21. The van der Waals surface area contributed by atoms with Gasteiger partial charge in [-0.25, -0.2) is 0 Å². The van der Waals surface area contributed by atoms with Crippen LogP contribution in [-0.2, 0) is 6.42 Å². The quantitative estimate of drug-likeness (QED) is 0.769. The van der Waals surface area contributed by atoms with E-state index in [-0.39, 0.29) is 5.91 Å². The number of para-hydroxylation sites is 1. The summed E-state index contributed by atoms with van der Waals surface area (Å²) in [5, 5.41) is 11.0. The summed E-state index contributed by atoms with van der Waals surface area (Å²) in [5.74, 6) is 0.371. The molecule has 0 unspecified atom stereocenters. The first-order valence-corrected chi connectivity index (χ1v) is 7.36. The Morgan fingerprint density at radius 3 is 2.41 bits per heavy atom. The third-order valence-corrected chi connectivity index (χ3v) is 4.08. The Labute approximate surface area is 129 Å². The number of fused-ring (bicyclic) bond motifs is 1. The lowest BCUT2D eigenvalue weighted by Crippen LogP contribution is -2.02. The molecule has 1 heterocycles. The number of aromatic hydroxyl groups is 1. The monoisotopic (exact) mass is 293 g/mol. The molecule has 0 spiro atoms. The molecule has 3 heteroatoms. The highest BCUT2D eigenvalue weighted by Gasteiger charge is 2.12. The molecule has 112 valence electrons. The number of aromatic nitrogens is 1. The lowest BCUT2D eigenvalue weighted by Gasteiger charge is -2.07. The lowest BCUT2D eigenvalue weighted by atomic mass is 9.99. The number of hydrogen-bond acceptors (Lipinski definition) is 2. The van der Waals surface area contributed by atoms with E-state index < -0.39 is 0 Å². The van der Waals surface area contributed by atoms with Crippen LogP contribution < -0.4 is 0 Å². The van der Waals surface area contributed by atoms with Gasteiger partial charge in [0.1, 0.15) is 5.75 Å². The van der Waals surface area contributed by atoms with Crippen molar-refractivity contribution >= 4 is 16.8 Å². The van der Waals surface area contributed by atoms with Gasteiger partial charge in [-0.1, -0.05) is 30.3 Å². The molecule has 0 atom stereocenters. The molecule has 0 radical (unpaired) electrons. The third kappa shape index (κ3) is 2.39. The van der Waals surface area contributed by atoms with Crippen molar-refractivity contribution in [3.63, 3.8) is 0 Å². The molecule has 3 nitrogen and oxygen atoms in total. The summed E-state index contributed by atoms with van der Waals surface area (Å²) < 4.78 is 1.70. The molecule has 1 N–H and O–H groups in total. The van der Waals surface area contributed by atoms with Gasteiger partial charge in [-0.05, 0) is 48.6 Å². The van der Waals surface area contributed by atoms with Crippen molar-refractivity contribution in [3.8, 4) is 5.75 Å². The Hall–Kier alpha value is -2.55. The molecule has 0 aliphatic heterocycles. The van der Waals surface area contributed by atoms with E-state index in [2.05, 4.69) is 0 Å². The molecule has 2 aromatic carbocycles. The third-order valence-electron chi connectivity index (χ3n) is 4.08. The van der Waals surface area contributed by atoms with Crippen LogP contribution in [-0.4, -0.2) is 15.6 Å². The highest BCUT2D eigenvalue weighted by Crippen LogP contribution is 2.27. The number of carbonyl (C=O) groups is 1. The predicted molar refractivity (Wildman–Crippen MR) is 88.6 cm³/mol. The summed E-state index contributed by atoms with van der Waals surface area (Å²) in [5.41, 5.74) is 4.96. The van der Waals surface area contributed by atoms with Crippen LogP contribution in [0.2, 0.25) is 0 Å². The van der Waals surface area contributed by atoms with Crippen LogP contribution in [0, 0.1) is 13.8 Å². The minimum atomic E-state index is 0.0144. The standard InChI is InChI=1S/C19H19NO2/c1-12-8-15(9-13(2)19(12)22)10-16-11-20(14(3)21)18-7-5-4-6-17(16)18/h4-9,11,22H,10H2,1-3H3. The maximum absolute atomic E-state index is 11.8. The van der Waals surface area contributed by atoms with Gasteiger partial charge in [0, 0.05) is 18.5 Å². The van der Waals surface area contributed by atoms with E-state index in [1.54, 1.807) is 11.5 Å². The Kier molecular flexibility index (Phi) is 3.49. The minimum absolute atomic E-state index is 0.0144. The fourth-order valence-electron chi connectivity index (χ4n) is 3.02. The minimum Gasteiger partial charge on any atom is -0.507 e. The average Bonchev–Trinajstić information content (AvgIpc) is 2.84. The number of benzene rings is 2. The van der Waals surface area contributed by atoms with E-state index in [1.807, 2.05) is 56.4 Å². The van der Waals surface area contributed by atoms with Crippen molar-refractivity contribution < 1.29 is 9.90 Å². The van der Waals surface area contributed by atoms with Crippen LogP contribution in [0.1, 0.15) is 34.0 Å². The summed E-state index contributed by atoms with van der Waals surface area (Å²) >= 11 is 0. The average molecular weight is 293 g/mol. The van der Waals surface area contributed by atoms with Crippen molar-refractivity contribution in [2.75, 3.05) is 0 Å². The van der Waals surface area contributed by atoms with Gasteiger partial charge >= 0.3 is 0 Å². The largest absolute Gasteiger partial charge is 0.507 e. The maximum atomic E-state index is 11.8. The molecule has 1 aromatic heterocycles. The Bertz CT molecular complexity index is 851. The molecule has 22 heavy (non-hydrogen) atoms. The molecule has 0 bridgehead atoms. The van der Waals surface area contributed by atoms with Gasteiger partial charge in [0.05, 0.1) is 5.52 Å². The molecule has 3 aromatic rings. The highest BCUT2D eigenvalue weighted by molar-refractivity contribution is 5.93. The van der Waals surface area contributed by atoms with E-state index in [4.69, 9.17) is 0 Å². The predicted octanol–water partition coefficient (Wildman–Crippen LogP) is 4.21. The van der Waals surface area contributed by atoms with Gasteiger partial charge in [-0.3, -0.25) is 9.36 Å². The number of hydrogen-bond donors (Lipinski definition) is 1.